The monoisotopic (exact) mass is 453 g/mol. The van der Waals surface area contributed by atoms with Crippen LogP contribution in [0.4, 0.5) is 4.39 Å². The van der Waals surface area contributed by atoms with E-state index in [4.69, 9.17) is 21.3 Å². The van der Waals surface area contributed by atoms with E-state index in [0.717, 1.165) is 5.56 Å². The summed E-state index contributed by atoms with van der Waals surface area (Å²) in [5.41, 5.74) is 2.94. The number of rotatable bonds is 5. The van der Waals surface area contributed by atoms with Gasteiger partial charge in [0.15, 0.2) is 5.78 Å². The molecule has 3 atom stereocenters. The highest BCUT2D eigenvalue weighted by atomic mass is 35.5. The third-order valence-corrected chi connectivity index (χ3v) is 6.42. The molecule has 32 heavy (non-hydrogen) atoms. The van der Waals surface area contributed by atoms with Gasteiger partial charge in [-0.15, -0.1) is 0 Å². The first-order chi connectivity index (χ1) is 15.4. The number of halogens is 2. The summed E-state index contributed by atoms with van der Waals surface area (Å²) in [4.78, 5) is 31.1. The number of ether oxygens (including phenoxy) is 1. The van der Waals surface area contributed by atoms with Crippen LogP contribution in [-0.4, -0.2) is 24.1 Å². The van der Waals surface area contributed by atoms with Crippen LogP contribution in [-0.2, 0) is 14.3 Å². The number of benzene rings is 2. The summed E-state index contributed by atoms with van der Waals surface area (Å²) in [5.74, 6) is -2.63. The van der Waals surface area contributed by atoms with Gasteiger partial charge < -0.3 is 4.74 Å². The molecule has 1 unspecified atom stereocenters. The molecule has 0 N–H and O–H groups in total. The number of hydrogen-bond donors (Lipinski definition) is 0. The first-order valence-electron chi connectivity index (χ1n) is 10.9. The fourth-order valence-corrected chi connectivity index (χ4v) is 4.82. The molecule has 0 radical (unpaired) electrons. The smallest absolute Gasteiger partial charge is 0.315 e. The Morgan fingerprint density at radius 1 is 1.16 bits per heavy atom. The largest absolute Gasteiger partial charge is 0.465 e. The zero-order valence-electron chi connectivity index (χ0n) is 18.1. The van der Waals surface area contributed by atoms with Crippen molar-refractivity contribution in [1.82, 2.24) is 0 Å². The van der Waals surface area contributed by atoms with Gasteiger partial charge in [0.1, 0.15) is 11.7 Å². The van der Waals surface area contributed by atoms with Gasteiger partial charge in [0.25, 0.3) is 0 Å². The maximum absolute atomic E-state index is 14.9. The second kappa shape index (κ2) is 9.37. The average Bonchev–Trinajstić information content (AvgIpc) is 2.77. The first-order valence-corrected chi connectivity index (χ1v) is 11.3. The van der Waals surface area contributed by atoms with Gasteiger partial charge in [-0.3, -0.25) is 14.6 Å². The third kappa shape index (κ3) is 4.26. The number of hydrogen-bond acceptors (Lipinski definition) is 4. The van der Waals surface area contributed by atoms with Crippen molar-refractivity contribution >= 4 is 29.1 Å². The lowest BCUT2D eigenvalue weighted by Crippen LogP contribution is -2.38. The molecule has 0 bridgehead atoms. The van der Waals surface area contributed by atoms with Gasteiger partial charge in [0.05, 0.1) is 6.61 Å². The van der Waals surface area contributed by atoms with E-state index < -0.39 is 23.6 Å². The van der Waals surface area contributed by atoms with Crippen LogP contribution in [0.25, 0.3) is 0 Å². The van der Waals surface area contributed by atoms with Gasteiger partial charge in [-0.1, -0.05) is 48.9 Å². The van der Waals surface area contributed by atoms with Crippen LogP contribution in [0.2, 0.25) is 5.02 Å². The fraction of sp³-hybridized carbons (Fsp3) is 0.346. The van der Waals surface area contributed by atoms with Crippen LogP contribution in [0.5, 0.6) is 0 Å². The van der Waals surface area contributed by atoms with Crippen molar-refractivity contribution in [2.75, 3.05) is 6.61 Å². The lowest BCUT2D eigenvalue weighted by atomic mass is 9.69. The Bertz CT molecular complexity index is 1110. The lowest BCUT2D eigenvalue weighted by molar-refractivity contribution is -0.146. The van der Waals surface area contributed by atoms with E-state index in [-0.39, 0.29) is 24.7 Å². The minimum Gasteiger partial charge on any atom is -0.465 e. The molecule has 0 saturated heterocycles. The molecule has 2 aromatic rings. The summed E-state index contributed by atoms with van der Waals surface area (Å²) in [7, 11) is 0. The minimum atomic E-state index is -0.826. The molecule has 0 spiro atoms. The van der Waals surface area contributed by atoms with E-state index in [1.807, 2.05) is 31.2 Å². The second-order valence-corrected chi connectivity index (χ2v) is 8.77. The maximum Gasteiger partial charge on any atom is 0.315 e. The van der Waals surface area contributed by atoms with E-state index in [1.54, 1.807) is 25.1 Å². The van der Waals surface area contributed by atoms with Crippen molar-refractivity contribution in [3.8, 4) is 0 Å². The van der Waals surface area contributed by atoms with Crippen LogP contribution in [0.3, 0.4) is 0 Å². The molecule has 0 amide bonds. The number of esters is 1. The number of carbonyl (C=O) groups is 2. The van der Waals surface area contributed by atoms with Crippen molar-refractivity contribution in [2.45, 2.75) is 44.9 Å². The molecule has 166 valence electrons. The third-order valence-electron chi connectivity index (χ3n) is 6.17. The summed E-state index contributed by atoms with van der Waals surface area (Å²) in [5, 5.41) is 0.635. The van der Waals surface area contributed by atoms with E-state index in [2.05, 4.69) is 0 Å². The Hall–Kier alpha value is -2.79. The molecule has 1 aliphatic heterocycles. The molecular weight excluding hydrogens is 429 g/mol. The molecule has 1 aliphatic carbocycles. The number of carbonyl (C=O) groups excluding carboxylic acids is 2. The molecular formula is C26H25ClFNO3. The van der Waals surface area contributed by atoms with Gasteiger partial charge in [0, 0.05) is 34.3 Å². The standard InChI is InChI=1S/C26H25ClFNO3/c1-3-12-32-26(31)23-15(2)29-21-13-17(16-8-10-18(27)11-9-16)14-22(30)25(21)24(23)19-6-4-5-7-20(19)28/h4-11,17,23-24H,3,12-14H2,1-2H3/t17-,23?,24+/m1/s1. The zero-order valence-corrected chi connectivity index (χ0v) is 18.9. The average molecular weight is 454 g/mol. The van der Waals surface area contributed by atoms with Gasteiger partial charge >= 0.3 is 5.97 Å². The molecule has 0 aromatic heterocycles. The maximum atomic E-state index is 14.9. The molecule has 4 nitrogen and oxygen atoms in total. The van der Waals surface area contributed by atoms with Gasteiger partial charge in [-0.25, -0.2) is 4.39 Å². The quantitative estimate of drug-likeness (QED) is 0.521. The van der Waals surface area contributed by atoms with Crippen LogP contribution >= 0.6 is 11.6 Å². The molecule has 1 heterocycles. The highest BCUT2D eigenvalue weighted by Crippen LogP contribution is 2.47. The Kier molecular flexibility index (Phi) is 6.56. The van der Waals surface area contributed by atoms with Crippen molar-refractivity contribution < 1.29 is 18.7 Å². The van der Waals surface area contributed by atoms with Gasteiger partial charge in [-0.05, 0) is 55.0 Å². The Balaban J connectivity index is 1.79. The summed E-state index contributed by atoms with van der Waals surface area (Å²) in [6, 6.07) is 13.8. The normalized spacial score (nSPS) is 22.9. The zero-order chi connectivity index (χ0) is 22.8. The number of allylic oxidation sites excluding steroid dienone is 2. The molecule has 2 aliphatic rings. The summed E-state index contributed by atoms with van der Waals surface area (Å²) >= 11 is 6.02. The predicted octanol–water partition coefficient (Wildman–Crippen LogP) is 6.01. The lowest BCUT2D eigenvalue weighted by Gasteiger charge is -2.36. The summed E-state index contributed by atoms with van der Waals surface area (Å²) < 4.78 is 20.3. The first kappa shape index (κ1) is 22.4. The van der Waals surface area contributed by atoms with E-state index in [0.29, 0.717) is 40.4 Å². The topological polar surface area (TPSA) is 55.7 Å². The van der Waals surface area contributed by atoms with Gasteiger partial charge in [-0.2, -0.15) is 0 Å². The number of ketones is 1. The Labute approximate surface area is 192 Å². The minimum absolute atomic E-state index is 0.0417. The van der Waals surface area contributed by atoms with Gasteiger partial charge in [0.2, 0.25) is 0 Å². The Morgan fingerprint density at radius 3 is 2.56 bits per heavy atom. The molecule has 0 saturated carbocycles. The van der Waals surface area contributed by atoms with Crippen LogP contribution < -0.4 is 0 Å². The number of nitrogens with zero attached hydrogens (tertiary/aromatic N) is 1. The summed E-state index contributed by atoms with van der Waals surface area (Å²) in [6.45, 7) is 3.93. The van der Waals surface area contributed by atoms with Crippen molar-refractivity contribution in [1.29, 1.82) is 0 Å². The summed E-state index contributed by atoms with van der Waals surface area (Å²) in [6.07, 6.45) is 1.49. The molecule has 2 aromatic carbocycles. The highest BCUT2D eigenvalue weighted by molar-refractivity contribution is 6.30. The van der Waals surface area contributed by atoms with Crippen molar-refractivity contribution in [3.63, 3.8) is 0 Å². The van der Waals surface area contributed by atoms with Crippen molar-refractivity contribution in [2.24, 2.45) is 10.9 Å². The van der Waals surface area contributed by atoms with Crippen molar-refractivity contribution in [3.05, 3.63) is 81.8 Å². The highest BCUT2D eigenvalue weighted by Gasteiger charge is 2.45. The molecule has 6 heteroatoms. The SMILES string of the molecule is CCCOC(=O)C1C(C)=NC2=C(C(=O)C[C@H](c3ccc(Cl)cc3)C2)[C@H]1c1ccccc1F. The Morgan fingerprint density at radius 2 is 1.88 bits per heavy atom. The number of aliphatic imine (C=N–C) groups is 1. The molecule has 4 rings (SSSR count). The van der Waals surface area contributed by atoms with Crippen LogP contribution in [0.15, 0.2) is 64.8 Å². The predicted molar refractivity (Wildman–Crippen MR) is 122 cm³/mol. The van der Waals surface area contributed by atoms with Crippen LogP contribution in [0.1, 0.15) is 56.1 Å². The number of Topliss-reactive ketones (excluding diaryl/α,β-unsaturated/α-hetero) is 1. The van der Waals surface area contributed by atoms with E-state index in [1.165, 1.54) is 6.07 Å². The second-order valence-electron chi connectivity index (χ2n) is 8.34. The van der Waals surface area contributed by atoms with E-state index in [9.17, 15) is 14.0 Å². The molecule has 0 fully saturated rings. The van der Waals surface area contributed by atoms with E-state index >= 15 is 0 Å². The fourth-order valence-electron chi connectivity index (χ4n) is 4.69. The van der Waals surface area contributed by atoms with Crippen LogP contribution in [0, 0.1) is 11.7 Å².